The molecule has 0 radical (unpaired) electrons. The van der Waals surface area contributed by atoms with Crippen LogP contribution in [0.2, 0.25) is 0 Å². The summed E-state index contributed by atoms with van der Waals surface area (Å²) in [5, 5.41) is 5.02. The number of fused-ring (bicyclic) bond motifs is 1. The molecule has 0 spiro atoms. The van der Waals surface area contributed by atoms with Gasteiger partial charge in [0.1, 0.15) is 0 Å². The first-order valence-electron chi connectivity index (χ1n) is 8.52. The molecule has 1 fully saturated rings. The van der Waals surface area contributed by atoms with Gasteiger partial charge in [0.25, 0.3) is 11.8 Å². The summed E-state index contributed by atoms with van der Waals surface area (Å²) in [6.45, 7) is 1.26. The van der Waals surface area contributed by atoms with Gasteiger partial charge in [0, 0.05) is 41.7 Å². The second kappa shape index (κ2) is 5.87. The fourth-order valence-corrected chi connectivity index (χ4v) is 3.50. The summed E-state index contributed by atoms with van der Waals surface area (Å²) in [6.07, 6.45) is 4.23. The topological polar surface area (TPSA) is 88.2 Å². The summed E-state index contributed by atoms with van der Waals surface area (Å²) in [5.41, 5.74) is 1.68. The second-order valence-electron chi connectivity index (χ2n) is 6.42. The van der Waals surface area contributed by atoms with Crippen LogP contribution in [0, 0.1) is 0 Å². The lowest BCUT2D eigenvalue weighted by Crippen LogP contribution is -2.28. The summed E-state index contributed by atoms with van der Waals surface area (Å²) in [5.74, 6) is 1.64. The van der Waals surface area contributed by atoms with Crippen LogP contribution in [0.3, 0.4) is 0 Å². The SMILES string of the molecule is O=C(c1cccc2[nH]ccc12)N1CCC(c2noc(-c3ccco3)n2)C1. The fraction of sp³-hybridized carbons (Fsp3) is 0.211. The first-order valence-corrected chi connectivity index (χ1v) is 8.52. The molecule has 0 bridgehead atoms. The third-order valence-corrected chi connectivity index (χ3v) is 4.84. The number of aromatic amines is 1. The molecule has 1 aliphatic heterocycles. The highest BCUT2D eigenvalue weighted by Gasteiger charge is 2.32. The number of nitrogens with zero attached hydrogens (tertiary/aromatic N) is 3. The molecule has 1 N–H and O–H groups in total. The fourth-order valence-electron chi connectivity index (χ4n) is 3.50. The number of carbonyl (C=O) groups is 1. The number of rotatable bonds is 3. The maximum absolute atomic E-state index is 13.0. The number of aromatic nitrogens is 3. The molecule has 26 heavy (non-hydrogen) atoms. The number of amides is 1. The molecule has 1 aromatic carbocycles. The van der Waals surface area contributed by atoms with Crippen LogP contribution >= 0.6 is 0 Å². The van der Waals surface area contributed by atoms with Gasteiger partial charge >= 0.3 is 0 Å². The van der Waals surface area contributed by atoms with Crippen LogP contribution in [0.1, 0.15) is 28.5 Å². The Hall–Kier alpha value is -3.35. The molecule has 1 unspecified atom stereocenters. The van der Waals surface area contributed by atoms with Crippen LogP contribution in [-0.2, 0) is 0 Å². The zero-order valence-electron chi connectivity index (χ0n) is 13.9. The molecule has 1 atom stereocenters. The van der Waals surface area contributed by atoms with Gasteiger partial charge in [-0.25, -0.2) is 0 Å². The van der Waals surface area contributed by atoms with E-state index in [1.807, 2.05) is 35.4 Å². The molecule has 0 aliphatic carbocycles. The van der Waals surface area contributed by atoms with E-state index in [1.54, 1.807) is 18.4 Å². The Labute approximate surface area is 148 Å². The van der Waals surface area contributed by atoms with Crippen molar-refractivity contribution in [1.29, 1.82) is 0 Å². The number of H-pyrrole nitrogens is 1. The Kier molecular flexibility index (Phi) is 3.38. The normalized spacial score (nSPS) is 17.2. The minimum Gasteiger partial charge on any atom is -0.459 e. The number of hydrogen-bond donors (Lipinski definition) is 1. The largest absolute Gasteiger partial charge is 0.459 e. The van der Waals surface area contributed by atoms with Crippen molar-refractivity contribution in [3.05, 3.63) is 60.2 Å². The molecule has 0 saturated carbocycles. The molecule has 7 nitrogen and oxygen atoms in total. The second-order valence-corrected chi connectivity index (χ2v) is 6.42. The number of nitrogens with one attached hydrogen (secondary N) is 1. The molecule has 5 rings (SSSR count). The monoisotopic (exact) mass is 348 g/mol. The van der Waals surface area contributed by atoms with E-state index in [2.05, 4.69) is 15.1 Å². The Balaban J connectivity index is 1.36. The highest BCUT2D eigenvalue weighted by molar-refractivity contribution is 6.06. The summed E-state index contributed by atoms with van der Waals surface area (Å²) in [4.78, 5) is 22.4. The Morgan fingerprint density at radius 2 is 2.19 bits per heavy atom. The minimum absolute atomic E-state index is 0.0347. The quantitative estimate of drug-likeness (QED) is 0.613. The van der Waals surface area contributed by atoms with Crippen molar-refractivity contribution in [2.45, 2.75) is 12.3 Å². The lowest BCUT2D eigenvalue weighted by molar-refractivity contribution is 0.0792. The zero-order chi connectivity index (χ0) is 17.5. The average Bonchev–Trinajstić information content (AvgIpc) is 3.46. The van der Waals surface area contributed by atoms with Crippen molar-refractivity contribution >= 4 is 16.8 Å². The molecule has 7 heteroatoms. The number of benzene rings is 1. The van der Waals surface area contributed by atoms with Crippen LogP contribution in [-0.4, -0.2) is 39.0 Å². The maximum Gasteiger partial charge on any atom is 0.293 e. The molecule has 1 aliphatic rings. The van der Waals surface area contributed by atoms with Gasteiger partial charge in [-0.3, -0.25) is 4.79 Å². The van der Waals surface area contributed by atoms with Crippen LogP contribution in [0.4, 0.5) is 0 Å². The van der Waals surface area contributed by atoms with E-state index in [1.165, 1.54) is 0 Å². The van der Waals surface area contributed by atoms with Gasteiger partial charge in [-0.15, -0.1) is 0 Å². The van der Waals surface area contributed by atoms with E-state index in [9.17, 15) is 4.79 Å². The van der Waals surface area contributed by atoms with Gasteiger partial charge in [-0.05, 0) is 36.8 Å². The number of furan rings is 1. The predicted octanol–water partition coefficient (Wildman–Crippen LogP) is 3.44. The Morgan fingerprint density at radius 1 is 1.23 bits per heavy atom. The van der Waals surface area contributed by atoms with Crippen LogP contribution < -0.4 is 0 Å². The third kappa shape index (κ3) is 2.40. The highest BCUT2D eigenvalue weighted by Crippen LogP contribution is 2.29. The lowest BCUT2D eigenvalue weighted by atomic mass is 10.1. The zero-order valence-corrected chi connectivity index (χ0v) is 13.9. The van der Waals surface area contributed by atoms with Gasteiger partial charge < -0.3 is 18.8 Å². The van der Waals surface area contributed by atoms with E-state index >= 15 is 0 Å². The predicted molar refractivity (Wildman–Crippen MR) is 93.6 cm³/mol. The molecule has 130 valence electrons. The summed E-state index contributed by atoms with van der Waals surface area (Å²) in [7, 11) is 0. The van der Waals surface area contributed by atoms with E-state index in [0.717, 1.165) is 17.3 Å². The number of carbonyl (C=O) groups excluding carboxylic acids is 1. The number of hydrogen-bond acceptors (Lipinski definition) is 5. The highest BCUT2D eigenvalue weighted by atomic mass is 16.5. The average molecular weight is 348 g/mol. The minimum atomic E-state index is 0.0347. The van der Waals surface area contributed by atoms with E-state index in [-0.39, 0.29) is 11.8 Å². The Bertz CT molecular complexity index is 1060. The van der Waals surface area contributed by atoms with Crippen molar-refractivity contribution < 1.29 is 13.7 Å². The smallest absolute Gasteiger partial charge is 0.293 e. The summed E-state index contributed by atoms with van der Waals surface area (Å²) in [6, 6.07) is 11.2. The van der Waals surface area contributed by atoms with Crippen molar-refractivity contribution in [1.82, 2.24) is 20.0 Å². The van der Waals surface area contributed by atoms with E-state index in [0.29, 0.717) is 36.1 Å². The summed E-state index contributed by atoms with van der Waals surface area (Å²) < 4.78 is 10.6. The Morgan fingerprint density at radius 3 is 3.08 bits per heavy atom. The van der Waals surface area contributed by atoms with Crippen molar-refractivity contribution in [3.63, 3.8) is 0 Å². The first-order chi connectivity index (χ1) is 12.8. The van der Waals surface area contributed by atoms with E-state index in [4.69, 9.17) is 8.94 Å². The van der Waals surface area contributed by atoms with Crippen LogP contribution in [0.15, 0.2) is 57.8 Å². The molecule has 3 aromatic heterocycles. The first kappa shape index (κ1) is 14.9. The van der Waals surface area contributed by atoms with Crippen LogP contribution in [0.25, 0.3) is 22.6 Å². The molecule has 1 saturated heterocycles. The van der Waals surface area contributed by atoms with Crippen molar-refractivity contribution in [2.24, 2.45) is 0 Å². The molecular weight excluding hydrogens is 332 g/mol. The van der Waals surface area contributed by atoms with E-state index < -0.39 is 0 Å². The van der Waals surface area contributed by atoms with Crippen LogP contribution in [0.5, 0.6) is 0 Å². The standard InChI is InChI=1S/C19H16N4O3/c24-19(14-3-1-4-15-13(14)6-8-20-15)23-9-7-12(11-23)17-21-18(26-22-17)16-5-2-10-25-16/h1-6,8,10,12,20H,7,9,11H2. The molecule has 4 aromatic rings. The maximum atomic E-state index is 13.0. The van der Waals surface area contributed by atoms with Gasteiger partial charge in [0.2, 0.25) is 0 Å². The number of likely N-dealkylation sites (tertiary alicyclic amines) is 1. The third-order valence-electron chi connectivity index (χ3n) is 4.84. The molecule has 4 heterocycles. The van der Waals surface area contributed by atoms with Gasteiger partial charge in [0.15, 0.2) is 11.6 Å². The molecular formula is C19H16N4O3. The van der Waals surface area contributed by atoms with Crippen molar-refractivity contribution in [3.8, 4) is 11.7 Å². The summed E-state index contributed by atoms with van der Waals surface area (Å²) >= 11 is 0. The van der Waals surface area contributed by atoms with Crippen molar-refractivity contribution in [2.75, 3.05) is 13.1 Å². The lowest BCUT2D eigenvalue weighted by Gasteiger charge is -2.16. The van der Waals surface area contributed by atoms with Gasteiger partial charge in [-0.2, -0.15) is 4.98 Å². The van der Waals surface area contributed by atoms with Gasteiger partial charge in [-0.1, -0.05) is 11.2 Å². The van der Waals surface area contributed by atoms with Gasteiger partial charge in [0.05, 0.1) is 6.26 Å². The molecule has 1 amide bonds.